The zero-order valence-electron chi connectivity index (χ0n) is 13.8. The van der Waals surface area contributed by atoms with Crippen molar-refractivity contribution in [2.45, 2.75) is 4.84 Å². The van der Waals surface area contributed by atoms with Crippen molar-refractivity contribution in [1.82, 2.24) is 4.90 Å². The van der Waals surface area contributed by atoms with Gasteiger partial charge in [-0.05, 0) is 0 Å². The van der Waals surface area contributed by atoms with Crippen molar-refractivity contribution < 1.29 is 36.3 Å². The van der Waals surface area contributed by atoms with Gasteiger partial charge in [-0.3, -0.25) is 9.69 Å². The van der Waals surface area contributed by atoms with Crippen LogP contribution in [0.5, 0.6) is 17.2 Å². The fourth-order valence-electron chi connectivity index (χ4n) is 2.71. The van der Waals surface area contributed by atoms with E-state index in [0.29, 0.717) is 30.3 Å². The molecule has 0 aromatic heterocycles. The van der Waals surface area contributed by atoms with Gasteiger partial charge in [-0.15, -0.1) is 0 Å². The van der Waals surface area contributed by atoms with Crippen LogP contribution in [-0.4, -0.2) is 63.2 Å². The largest absolute Gasteiger partial charge is 1.00 e. The van der Waals surface area contributed by atoms with Crippen molar-refractivity contribution in [2.24, 2.45) is 0 Å². The molecule has 1 N–H and O–H groups in total. The number of rotatable bonds is 5. The molecule has 136 valence electrons. The summed E-state index contributed by atoms with van der Waals surface area (Å²) in [5, 5.41) is 0. The smallest absolute Gasteiger partial charge is 0.256 e. The Morgan fingerprint density at radius 2 is 1.58 bits per heavy atom. The third-order valence-corrected chi connectivity index (χ3v) is 4.31. The molecule has 0 spiro atoms. The monoisotopic (exact) mass is 398 g/mol. The van der Waals surface area contributed by atoms with Crippen molar-refractivity contribution in [1.29, 1.82) is 0 Å². The number of quaternary nitrogens is 1. The van der Waals surface area contributed by atoms with Crippen LogP contribution in [0.1, 0.15) is 0 Å². The summed E-state index contributed by atoms with van der Waals surface area (Å²) in [7, 11) is 4.76. The second-order valence-corrected chi connectivity index (χ2v) is 6.24. The van der Waals surface area contributed by atoms with E-state index in [1.54, 1.807) is 26.2 Å². The maximum absolute atomic E-state index is 11.8. The van der Waals surface area contributed by atoms with Crippen LogP contribution in [-0.2, 0) is 4.79 Å². The highest BCUT2D eigenvalue weighted by Crippen LogP contribution is 2.38. The third kappa shape index (κ3) is 4.51. The number of nitrogens with one attached hydrogen (secondary N) is 1. The topological polar surface area (TPSA) is 52.4 Å². The van der Waals surface area contributed by atoms with Crippen molar-refractivity contribution in [3.8, 4) is 17.2 Å². The van der Waals surface area contributed by atoms with E-state index in [1.807, 2.05) is 12.1 Å². The Bertz CT molecular complexity index is 539. The molecule has 1 saturated heterocycles. The van der Waals surface area contributed by atoms with E-state index in [2.05, 4.69) is 0 Å². The van der Waals surface area contributed by atoms with Gasteiger partial charge in [0, 0.05) is 12.1 Å². The number of alkyl halides is 2. The molecule has 24 heavy (non-hydrogen) atoms. The average Bonchev–Trinajstić information content (AvgIpc) is 2.59. The van der Waals surface area contributed by atoms with E-state index in [0.717, 1.165) is 18.8 Å². The van der Waals surface area contributed by atoms with E-state index < -0.39 is 4.84 Å². The van der Waals surface area contributed by atoms with E-state index >= 15 is 0 Å². The maximum Gasteiger partial charge on any atom is 0.256 e. The fourth-order valence-corrected chi connectivity index (χ4v) is 2.98. The molecule has 0 aliphatic carbocycles. The molecule has 6 nitrogen and oxygen atoms in total. The van der Waals surface area contributed by atoms with Gasteiger partial charge < -0.3 is 31.5 Å². The molecule has 1 aromatic rings. The van der Waals surface area contributed by atoms with Crippen molar-refractivity contribution in [3.05, 3.63) is 12.1 Å². The van der Waals surface area contributed by atoms with Gasteiger partial charge in [-0.25, -0.2) is 0 Å². The lowest BCUT2D eigenvalue weighted by atomic mass is 10.2. The average molecular weight is 400 g/mol. The molecular weight excluding hydrogens is 379 g/mol. The van der Waals surface area contributed by atoms with E-state index in [4.69, 9.17) is 37.4 Å². The Kier molecular flexibility index (Phi) is 8.22. The lowest BCUT2D eigenvalue weighted by molar-refractivity contribution is -0.837. The molecule has 0 bridgehead atoms. The summed E-state index contributed by atoms with van der Waals surface area (Å²) in [4.78, 5) is 13.7. The van der Waals surface area contributed by atoms with Crippen LogP contribution in [0.25, 0.3) is 0 Å². The lowest BCUT2D eigenvalue weighted by Gasteiger charge is -2.32. The van der Waals surface area contributed by atoms with Crippen LogP contribution in [0.2, 0.25) is 0 Å². The van der Waals surface area contributed by atoms with Gasteiger partial charge >= 0.3 is 0 Å². The number of halogens is 3. The highest BCUT2D eigenvalue weighted by Gasteiger charge is 2.29. The Balaban J connectivity index is 0.00000288. The number of piperazine rings is 1. The van der Waals surface area contributed by atoms with Gasteiger partial charge in [0.2, 0.25) is 5.75 Å². The number of carbonyl (C=O) groups excluding carboxylic acids is 1. The number of ether oxygens (including phenoxy) is 3. The van der Waals surface area contributed by atoms with E-state index in [1.165, 1.54) is 4.90 Å². The van der Waals surface area contributed by atoms with Gasteiger partial charge in [-0.2, -0.15) is 0 Å². The van der Waals surface area contributed by atoms with Gasteiger partial charge in [0.05, 0.1) is 47.5 Å². The van der Waals surface area contributed by atoms with Gasteiger partial charge in [0.15, 0.2) is 16.3 Å². The van der Waals surface area contributed by atoms with E-state index in [-0.39, 0.29) is 18.3 Å². The number of hydrogen-bond acceptors (Lipinski definition) is 4. The molecule has 1 amide bonds. The molecule has 0 unspecified atom stereocenters. The van der Waals surface area contributed by atoms with Crippen LogP contribution in [0, 0.1) is 0 Å². The van der Waals surface area contributed by atoms with E-state index in [9.17, 15) is 4.79 Å². The summed E-state index contributed by atoms with van der Waals surface area (Å²) in [5.41, 5.74) is 1.03. The molecule has 0 saturated carbocycles. The number of carbonyl (C=O) groups is 1. The molecule has 0 atom stereocenters. The minimum absolute atomic E-state index is 0. The summed E-state index contributed by atoms with van der Waals surface area (Å²) < 4.78 is 16.1. The number of hydrogen-bond donors (Lipinski definition) is 1. The van der Waals surface area contributed by atoms with Crippen LogP contribution < -0.4 is 31.5 Å². The predicted octanol–water partition coefficient (Wildman–Crippen LogP) is -2.12. The summed E-state index contributed by atoms with van der Waals surface area (Å²) in [6, 6.07) is 3.86. The SMILES string of the molecule is COc1cc([NH+]2CCN(C(=O)C(Cl)Cl)CC2)cc(OC)c1OC.[Cl-]. The number of benzene rings is 1. The van der Waals surface area contributed by atoms with Crippen LogP contribution >= 0.6 is 23.2 Å². The summed E-state index contributed by atoms with van der Waals surface area (Å²) in [6.07, 6.45) is 0. The third-order valence-electron chi connectivity index (χ3n) is 3.94. The Morgan fingerprint density at radius 1 is 1.08 bits per heavy atom. The lowest BCUT2D eigenvalue weighted by Crippen LogP contribution is -3.10. The first-order chi connectivity index (χ1) is 11.0. The summed E-state index contributed by atoms with van der Waals surface area (Å²) in [6.45, 7) is 2.71. The molecule has 1 aromatic carbocycles. The zero-order chi connectivity index (χ0) is 17.0. The molecule has 0 radical (unpaired) electrons. The fraction of sp³-hybridized carbons (Fsp3) is 0.533. The summed E-state index contributed by atoms with van der Waals surface area (Å²) >= 11 is 11.3. The van der Waals surface area contributed by atoms with Crippen LogP contribution in [0.3, 0.4) is 0 Å². The van der Waals surface area contributed by atoms with Crippen LogP contribution in [0.4, 0.5) is 5.69 Å². The second kappa shape index (κ2) is 9.42. The number of amides is 1. The molecule has 1 heterocycles. The van der Waals surface area contributed by atoms with Crippen molar-refractivity contribution in [3.63, 3.8) is 0 Å². The summed E-state index contributed by atoms with van der Waals surface area (Å²) in [5.74, 6) is 1.57. The van der Waals surface area contributed by atoms with Gasteiger partial charge in [0.1, 0.15) is 5.69 Å². The minimum atomic E-state index is -1.00. The molecule has 1 aliphatic rings. The number of methoxy groups -OCH3 is 3. The van der Waals surface area contributed by atoms with Gasteiger partial charge in [0.25, 0.3) is 5.91 Å². The van der Waals surface area contributed by atoms with Crippen molar-refractivity contribution in [2.75, 3.05) is 47.5 Å². The first-order valence-corrected chi connectivity index (χ1v) is 8.11. The molecule has 1 fully saturated rings. The highest BCUT2D eigenvalue weighted by molar-refractivity contribution is 6.53. The Labute approximate surface area is 157 Å². The predicted molar refractivity (Wildman–Crippen MR) is 88.5 cm³/mol. The minimum Gasteiger partial charge on any atom is -1.00 e. The first-order valence-electron chi connectivity index (χ1n) is 7.23. The molecule has 2 rings (SSSR count). The molecular formula is C15H21Cl3N2O4. The molecule has 1 aliphatic heterocycles. The second-order valence-electron chi connectivity index (χ2n) is 5.14. The first kappa shape index (κ1) is 21.0. The highest BCUT2D eigenvalue weighted by atomic mass is 35.5. The normalized spacial score (nSPS) is 15.0. The zero-order valence-corrected chi connectivity index (χ0v) is 16.0. The van der Waals surface area contributed by atoms with Gasteiger partial charge in [-0.1, -0.05) is 23.2 Å². The van der Waals surface area contributed by atoms with Crippen LogP contribution in [0.15, 0.2) is 12.1 Å². The molecule has 9 heteroatoms. The Morgan fingerprint density at radius 3 is 1.96 bits per heavy atom. The Hall–Kier alpha value is -1.08. The number of nitrogens with zero attached hydrogens (tertiary/aromatic N) is 1. The quantitative estimate of drug-likeness (QED) is 0.575. The standard InChI is InChI=1S/C15H20Cl2N2O4.ClH/c1-21-11-8-10(9-12(22-2)13(11)23-3)18-4-6-19(7-5-18)15(20)14(16)17;/h8-9,14H,4-7H2,1-3H3;1H. The maximum atomic E-state index is 11.8. The van der Waals surface area contributed by atoms with Crippen molar-refractivity contribution >= 4 is 34.8 Å².